The Balaban J connectivity index is 0. The summed E-state index contributed by atoms with van der Waals surface area (Å²) >= 11 is 0. The summed E-state index contributed by atoms with van der Waals surface area (Å²) in [6, 6.07) is 0. The maximum Gasteiger partial charge on any atom is 1.00 e. The molecule has 0 spiro atoms. The van der Waals surface area contributed by atoms with Crippen molar-refractivity contribution < 1.29 is 53.5 Å². The zero-order valence-corrected chi connectivity index (χ0v) is 20.8. The quantitative estimate of drug-likeness (QED) is 0.184. The predicted molar refractivity (Wildman–Crippen MR) is 105 cm³/mol. The number of aliphatic hydroxyl groups excluding tert-OH is 1. The molecule has 158 valence electrons. The molecular weight excluding hydrogens is 376 g/mol. The molecule has 0 heterocycles. The summed E-state index contributed by atoms with van der Waals surface area (Å²) in [5.41, 5.74) is 0. The van der Waals surface area contributed by atoms with Gasteiger partial charge in [-0.05, 0) is 13.5 Å². The molecule has 0 aliphatic heterocycles. The zero-order valence-electron chi connectivity index (χ0n) is 17.9. The molecule has 0 bridgehead atoms. The van der Waals surface area contributed by atoms with Crippen LogP contribution in [0.15, 0.2) is 0 Å². The number of nitrogens with zero attached hydrogens (tertiary/aromatic N) is 1. The standard InChI is InChI=1S/C19H42NO5P.Na/c1-3-4-5-6-7-8-9-10-11-12-13-14-15-19(21)18-20(2)16-17-25-26(22,23)24;/h19,21H,3-18H2,1-2H3,(H2,22,23,24);/q;+1/p-1. The van der Waals surface area contributed by atoms with E-state index < -0.39 is 13.9 Å². The van der Waals surface area contributed by atoms with E-state index in [1.807, 2.05) is 0 Å². The second-order valence-corrected chi connectivity index (χ2v) is 8.59. The Kier molecular flexibility index (Phi) is 22.7. The molecule has 2 atom stereocenters. The first kappa shape index (κ1) is 30.2. The van der Waals surface area contributed by atoms with Gasteiger partial charge in [-0.15, -0.1) is 0 Å². The molecule has 0 aliphatic rings. The van der Waals surface area contributed by atoms with Crippen LogP contribution in [0.4, 0.5) is 0 Å². The third kappa shape index (κ3) is 25.0. The van der Waals surface area contributed by atoms with E-state index in [9.17, 15) is 14.6 Å². The van der Waals surface area contributed by atoms with Gasteiger partial charge in [0.1, 0.15) is 0 Å². The van der Waals surface area contributed by atoms with Gasteiger partial charge < -0.3 is 24.3 Å². The first-order valence-corrected chi connectivity index (χ1v) is 11.9. The fourth-order valence-electron chi connectivity index (χ4n) is 3.08. The Morgan fingerprint density at radius 2 is 1.41 bits per heavy atom. The number of hydrogen-bond acceptors (Lipinski definition) is 5. The van der Waals surface area contributed by atoms with Crippen molar-refractivity contribution in [3.8, 4) is 0 Å². The van der Waals surface area contributed by atoms with Crippen molar-refractivity contribution in [1.29, 1.82) is 0 Å². The van der Waals surface area contributed by atoms with Crippen molar-refractivity contribution in [1.82, 2.24) is 4.90 Å². The molecule has 0 radical (unpaired) electrons. The molecule has 0 aromatic rings. The number of likely N-dealkylation sites (N-methyl/N-ethyl adjacent to an activating group) is 1. The predicted octanol–water partition coefficient (Wildman–Crippen LogP) is 0.852. The molecule has 0 aliphatic carbocycles. The maximum atomic E-state index is 10.5. The summed E-state index contributed by atoms with van der Waals surface area (Å²) < 4.78 is 14.8. The maximum absolute atomic E-state index is 10.5. The molecule has 0 saturated heterocycles. The molecule has 0 fully saturated rings. The Labute approximate surface area is 189 Å². The molecule has 0 aromatic carbocycles. The molecule has 2 unspecified atom stereocenters. The van der Waals surface area contributed by atoms with Crippen molar-refractivity contribution in [2.24, 2.45) is 0 Å². The van der Waals surface area contributed by atoms with Gasteiger partial charge in [0.25, 0.3) is 7.82 Å². The fourth-order valence-corrected chi connectivity index (χ4v) is 3.39. The zero-order chi connectivity index (χ0) is 19.7. The monoisotopic (exact) mass is 417 g/mol. The number of unbranched alkanes of at least 4 members (excludes halogenated alkanes) is 11. The van der Waals surface area contributed by atoms with Gasteiger partial charge in [0, 0.05) is 13.1 Å². The van der Waals surface area contributed by atoms with Crippen molar-refractivity contribution in [2.45, 2.75) is 96.5 Å². The van der Waals surface area contributed by atoms with Crippen LogP contribution in [0.1, 0.15) is 90.4 Å². The van der Waals surface area contributed by atoms with Crippen molar-refractivity contribution in [2.75, 3.05) is 26.7 Å². The van der Waals surface area contributed by atoms with Crippen LogP contribution in [0.2, 0.25) is 0 Å². The van der Waals surface area contributed by atoms with E-state index in [0.717, 1.165) is 19.3 Å². The largest absolute Gasteiger partial charge is 1.00 e. The van der Waals surface area contributed by atoms with E-state index in [2.05, 4.69) is 11.4 Å². The van der Waals surface area contributed by atoms with E-state index in [4.69, 9.17) is 4.89 Å². The topological polar surface area (TPSA) is 93.1 Å². The molecule has 6 nitrogen and oxygen atoms in total. The number of hydrogen-bond donors (Lipinski definition) is 2. The summed E-state index contributed by atoms with van der Waals surface area (Å²) in [5, 5.41) is 9.99. The van der Waals surface area contributed by atoms with Crippen molar-refractivity contribution >= 4 is 7.82 Å². The third-order valence-corrected chi connectivity index (χ3v) is 5.15. The van der Waals surface area contributed by atoms with Gasteiger partial charge in [-0.3, -0.25) is 4.57 Å². The first-order valence-electron chi connectivity index (χ1n) is 10.4. The summed E-state index contributed by atoms with van der Waals surface area (Å²) in [6.07, 6.45) is 16.0. The third-order valence-electron chi connectivity index (χ3n) is 4.64. The van der Waals surface area contributed by atoms with Gasteiger partial charge in [-0.2, -0.15) is 0 Å². The van der Waals surface area contributed by atoms with Crippen LogP contribution in [0, 0.1) is 0 Å². The van der Waals surface area contributed by atoms with E-state index >= 15 is 0 Å². The molecule has 0 amide bonds. The SMILES string of the molecule is CCCCCCCCCCCCCCC(O)CN(C)CCOP(=O)([O-])O.[Na+]. The van der Waals surface area contributed by atoms with Crippen molar-refractivity contribution in [3.05, 3.63) is 0 Å². The Morgan fingerprint density at radius 1 is 0.963 bits per heavy atom. The Morgan fingerprint density at radius 3 is 1.85 bits per heavy atom. The van der Waals surface area contributed by atoms with Crippen LogP contribution in [-0.4, -0.2) is 47.7 Å². The van der Waals surface area contributed by atoms with Gasteiger partial charge in [0.2, 0.25) is 0 Å². The molecule has 0 saturated carbocycles. The van der Waals surface area contributed by atoms with E-state index in [1.54, 1.807) is 11.9 Å². The molecule has 2 N–H and O–H groups in total. The Hall–Kier alpha value is 1.03. The fraction of sp³-hybridized carbons (Fsp3) is 1.00. The molecule has 0 rings (SSSR count). The van der Waals surface area contributed by atoms with E-state index in [0.29, 0.717) is 13.1 Å². The average molecular weight is 418 g/mol. The number of phosphoric acid groups is 1. The van der Waals surface area contributed by atoms with E-state index in [1.165, 1.54) is 64.2 Å². The first-order chi connectivity index (χ1) is 12.3. The second kappa shape index (κ2) is 20.3. The van der Waals surface area contributed by atoms with Gasteiger partial charge >= 0.3 is 29.6 Å². The number of phosphoric ester groups is 1. The van der Waals surface area contributed by atoms with Crippen LogP contribution in [0.5, 0.6) is 0 Å². The molecule has 0 aromatic heterocycles. The summed E-state index contributed by atoms with van der Waals surface area (Å²) in [7, 11) is -2.84. The summed E-state index contributed by atoms with van der Waals surface area (Å²) in [5.74, 6) is 0. The van der Waals surface area contributed by atoms with Crippen LogP contribution in [0.3, 0.4) is 0 Å². The van der Waals surface area contributed by atoms with Gasteiger partial charge in [-0.25, -0.2) is 0 Å². The minimum atomic E-state index is -4.64. The van der Waals surface area contributed by atoms with E-state index in [-0.39, 0.29) is 36.2 Å². The van der Waals surface area contributed by atoms with Crippen LogP contribution >= 0.6 is 7.82 Å². The average Bonchev–Trinajstić information content (AvgIpc) is 2.54. The molecular formula is C19H41NNaO5P. The van der Waals surface area contributed by atoms with Crippen molar-refractivity contribution in [3.63, 3.8) is 0 Å². The Bertz CT molecular complexity index is 357. The van der Waals surface area contributed by atoms with Crippen LogP contribution in [0.25, 0.3) is 0 Å². The minimum absolute atomic E-state index is 0. The normalized spacial score (nSPS) is 14.7. The van der Waals surface area contributed by atoms with Crippen LogP contribution in [-0.2, 0) is 9.09 Å². The summed E-state index contributed by atoms with van der Waals surface area (Å²) in [6.45, 7) is 2.98. The number of aliphatic hydroxyl groups is 1. The second-order valence-electron chi connectivity index (χ2n) is 7.40. The van der Waals surface area contributed by atoms with Gasteiger partial charge in [-0.1, -0.05) is 84.0 Å². The molecule has 8 heteroatoms. The van der Waals surface area contributed by atoms with Gasteiger partial charge in [0.15, 0.2) is 0 Å². The summed E-state index contributed by atoms with van der Waals surface area (Å²) in [4.78, 5) is 20.8. The smallest absolute Gasteiger partial charge is 0.756 e. The molecule has 27 heavy (non-hydrogen) atoms. The van der Waals surface area contributed by atoms with Gasteiger partial charge in [0.05, 0.1) is 12.7 Å². The number of rotatable bonds is 19. The van der Waals surface area contributed by atoms with Crippen LogP contribution < -0.4 is 34.5 Å². The minimum Gasteiger partial charge on any atom is -0.756 e.